The van der Waals surface area contributed by atoms with Crippen molar-refractivity contribution in [3.05, 3.63) is 42.7 Å². The Balaban J connectivity index is 2.50. The average molecular weight is 191 g/mol. The first kappa shape index (κ1) is 10.9. The van der Waals surface area contributed by atoms with Gasteiger partial charge in [0.2, 0.25) is 0 Å². The maximum Gasteiger partial charge on any atom is 0.0312 e. The number of hydrogen-bond donors (Lipinski definition) is 1. The van der Waals surface area contributed by atoms with E-state index in [0.29, 0.717) is 6.54 Å². The quantitative estimate of drug-likeness (QED) is 0.683. The second-order valence-electron chi connectivity index (χ2n) is 3.17. The van der Waals surface area contributed by atoms with Crippen LogP contribution < -0.4 is 5.73 Å². The second-order valence-corrected chi connectivity index (χ2v) is 3.17. The van der Waals surface area contributed by atoms with Crippen molar-refractivity contribution >= 4 is 0 Å². The van der Waals surface area contributed by atoms with Gasteiger partial charge in [-0.25, -0.2) is 0 Å². The van der Waals surface area contributed by atoms with Gasteiger partial charge < -0.3 is 5.73 Å². The summed E-state index contributed by atoms with van der Waals surface area (Å²) in [4.78, 5) is 6.31. The summed E-state index contributed by atoms with van der Waals surface area (Å²) in [6.07, 6.45) is 5.56. The Morgan fingerprint density at radius 2 is 2.43 bits per heavy atom. The summed E-state index contributed by atoms with van der Waals surface area (Å²) in [7, 11) is 0. The zero-order chi connectivity index (χ0) is 10.2. The Morgan fingerprint density at radius 1 is 1.57 bits per heavy atom. The van der Waals surface area contributed by atoms with Gasteiger partial charge in [0.25, 0.3) is 0 Å². The lowest BCUT2D eigenvalue weighted by molar-refractivity contribution is 0.303. The van der Waals surface area contributed by atoms with E-state index < -0.39 is 0 Å². The first-order valence-corrected chi connectivity index (χ1v) is 4.79. The Kier molecular flexibility index (Phi) is 4.89. The summed E-state index contributed by atoms with van der Waals surface area (Å²) in [5.74, 6) is 0. The van der Waals surface area contributed by atoms with Crippen molar-refractivity contribution in [3.63, 3.8) is 0 Å². The van der Waals surface area contributed by atoms with Gasteiger partial charge in [0, 0.05) is 38.6 Å². The Bertz CT molecular complexity index is 258. The predicted molar refractivity (Wildman–Crippen MR) is 58.8 cm³/mol. The van der Waals surface area contributed by atoms with Crippen LogP contribution in [0.1, 0.15) is 5.56 Å². The summed E-state index contributed by atoms with van der Waals surface area (Å²) < 4.78 is 0. The first-order chi connectivity index (χ1) is 6.86. The number of rotatable bonds is 6. The molecule has 3 heteroatoms. The minimum atomic E-state index is 0.675. The third kappa shape index (κ3) is 3.68. The van der Waals surface area contributed by atoms with Gasteiger partial charge in [-0.15, -0.1) is 6.58 Å². The number of aromatic nitrogens is 1. The van der Waals surface area contributed by atoms with Crippen molar-refractivity contribution in [1.82, 2.24) is 9.88 Å². The van der Waals surface area contributed by atoms with Gasteiger partial charge in [-0.05, 0) is 11.6 Å². The van der Waals surface area contributed by atoms with Crippen molar-refractivity contribution in [3.8, 4) is 0 Å². The maximum absolute atomic E-state index is 5.52. The summed E-state index contributed by atoms with van der Waals surface area (Å²) in [5.41, 5.74) is 6.73. The molecule has 3 nitrogen and oxygen atoms in total. The molecular weight excluding hydrogens is 174 g/mol. The summed E-state index contributed by atoms with van der Waals surface area (Å²) in [6.45, 7) is 7.04. The SMILES string of the molecule is C=CCN(CCN)Cc1cccnc1. The lowest BCUT2D eigenvalue weighted by atomic mass is 10.2. The van der Waals surface area contributed by atoms with Crippen LogP contribution in [0.5, 0.6) is 0 Å². The Hall–Kier alpha value is -1.19. The fourth-order valence-electron chi connectivity index (χ4n) is 1.35. The molecule has 0 radical (unpaired) electrons. The number of nitrogens with zero attached hydrogens (tertiary/aromatic N) is 2. The molecular formula is C11H17N3. The highest BCUT2D eigenvalue weighted by atomic mass is 15.1. The van der Waals surface area contributed by atoms with Crippen LogP contribution in [-0.4, -0.2) is 29.5 Å². The van der Waals surface area contributed by atoms with Gasteiger partial charge in [0.05, 0.1) is 0 Å². The van der Waals surface area contributed by atoms with Crippen molar-refractivity contribution in [2.75, 3.05) is 19.6 Å². The van der Waals surface area contributed by atoms with Crippen LogP contribution in [0, 0.1) is 0 Å². The molecule has 14 heavy (non-hydrogen) atoms. The standard InChI is InChI=1S/C11H17N3/c1-2-7-14(8-5-12)10-11-4-3-6-13-9-11/h2-4,6,9H,1,5,7-8,10,12H2. The third-order valence-corrected chi connectivity index (χ3v) is 1.96. The van der Waals surface area contributed by atoms with E-state index in [-0.39, 0.29) is 0 Å². The molecule has 0 aromatic carbocycles. The maximum atomic E-state index is 5.52. The van der Waals surface area contributed by atoms with Crippen molar-refractivity contribution in [2.24, 2.45) is 5.73 Å². The highest BCUT2D eigenvalue weighted by molar-refractivity contribution is 5.08. The number of pyridine rings is 1. The molecule has 1 aromatic heterocycles. The minimum absolute atomic E-state index is 0.675. The zero-order valence-corrected chi connectivity index (χ0v) is 8.39. The van der Waals surface area contributed by atoms with Crippen LogP contribution in [0.15, 0.2) is 37.2 Å². The molecule has 0 aliphatic carbocycles. The zero-order valence-electron chi connectivity index (χ0n) is 8.39. The summed E-state index contributed by atoms with van der Waals surface area (Å²) in [5, 5.41) is 0. The van der Waals surface area contributed by atoms with Gasteiger partial charge in [0.15, 0.2) is 0 Å². The fourth-order valence-corrected chi connectivity index (χ4v) is 1.35. The lowest BCUT2D eigenvalue weighted by Gasteiger charge is -2.19. The van der Waals surface area contributed by atoms with E-state index in [9.17, 15) is 0 Å². The van der Waals surface area contributed by atoms with Crippen LogP contribution in [0.3, 0.4) is 0 Å². The molecule has 0 fully saturated rings. The average Bonchev–Trinajstić information content (AvgIpc) is 2.20. The highest BCUT2D eigenvalue weighted by Crippen LogP contribution is 2.01. The van der Waals surface area contributed by atoms with Crippen LogP contribution in [0.25, 0.3) is 0 Å². The van der Waals surface area contributed by atoms with Gasteiger partial charge in [0.1, 0.15) is 0 Å². The van der Waals surface area contributed by atoms with Crippen molar-refractivity contribution < 1.29 is 0 Å². The van der Waals surface area contributed by atoms with Crippen molar-refractivity contribution in [1.29, 1.82) is 0 Å². The normalized spacial score (nSPS) is 10.4. The molecule has 0 spiro atoms. The molecule has 1 heterocycles. The Labute approximate surface area is 85.3 Å². The van der Waals surface area contributed by atoms with Gasteiger partial charge >= 0.3 is 0 Å². The molecule has 1 aromatic rings. The third-order valence-electron chi connectivity index (χ3n) is 1.96. The smallest absolute Gasteiger partial charge is 0.0312 e. The molecule has 0 unspecified atom stereocenters. The molecule has 0 saturated heterocycles. The molecule has 0 saturated carbocycles. The van der Waals surface area contributed by atoms with E-state index in [0.717, 1.165) is 19.6 Å². The van der Waals surface area contributed by atoms with Gasteiger partial charge in [-0.2, -0.15) is 0 Å². The molecule has 0 aliphatic rings. The van der Waals surface area contributed by atoms with E-state index in [1.807, 2.05) is 18.3 Å². The van der Waals surface area contributed by atoms with Crippen LogP contribution >= 0.6 is 0 Å². The lowest BCUT2D eigenvalue weighted by Crippen LogP contribution is -2.29. The highest BCUT2D eigenvalue weighted by Gasteiger charge is 2.02. The van der Waals surface area contributed by atoms with Crippen LogP contribution in [0.2, 0.25) is 0 Å². The van der Waals surface area contributed by atoms with Gasteiger partial charge in [-0.1, -0.05) is 12.1 Å². The minimum Gasteiger partial charge on any atom is -0.329 e. The Morgan fingerprint density at radius 3 is 3.00 bits per heavy atom. The van der Waals surface area contributed by atoms with E-state index in [2.05, 4.69) is 22.5 Å². The molecule has 0 atom stereocenters. The van der Waals surface area contributed by atoms with E-state index in [1.165, 1.54) is 5.56 Å². The fraction of sp³-hybridized carbons (Fsp3) is 0.364. The topological polar surface area (TPSA) is 42.1 Å². The number of nitrogens with two attached hydrogens (primary N) is 1. The monoisotopic (exact) mass is 191 g/mol. The largest absolute Gasteiger partial charge is 0.329 e. The van der Waals surface area contributed by atoms with E-state index in [4.69, 9.17) is 5.73 Å². The van der Waals surface area contributed by atoms with Crippen LogP contribution in [0.4, 0.5) is 0 Å². The molecule has 2 N–H and O–H groups in total. The summed E-state index contributed by atoms with van der Waals surface area (Å²) in [6, 6.07) is 4.02. The molecule has 0 amide bonds. The van der Waals surface area contributed by atoms with E-state index in [1.54, 1.807) is 6.20 Å². The van der Waals surface area contributed by atoms with Crippen molar-refractivity contribution in [2.45, 2.75) is 6.54 Å². The molecule has 0 aliphatic heterocycles. The predicted octanol–water partition coefficient (Wildman–Crippen LogP) is 1.03. The van der Waals surface area contributed by atoms with Crippen LogP contribution in [-0.2, 0) is 6.54 Å². The molecule has 1 rings (SSSR count). The second kappa shape index (κ2) is 6.29. The number of hydrogen-bond acceptors (Lipinski definition) is 3. The molecule has 0 bridgehead atoms. The first-order valence-electron chi connectivity index (χ1n) is 4.79. The summed E-state index contributed by atoms with van der Waals surface area (Å²) >= 11 is 0. The van der Waals surface area contributed by atoms with E-state index >= 15 is 0 Å². The molecule has 76 valence electrons. The van der Waals surface area contributed by atoms with Gasteiger partial charge in [-0.3, -0.25) is 9.88 Å².